The zero-order valence-corrected chi connectivity index (χ0v) is 13.3. The summed E-state index contributed by atoms with van der Waals surface area (Å²) in [6, 6.07) is 5.18. The molecule has 1 amide bonds. The predicted octanol–water partition coefficient (Wildman–Crippen LogP) is 2.13. The van der Waals surface area contributed by atoms with Crippen LogP contribution in [-0.4, -0.2) is 44.6 Å². The minimum atomic E-state index is -0.0886. The van der Waals surface area contributed by atoms with Crippen molar-refractivity contribution in [1.29, 1.82) is 0 Å². The number of carbonyl (C=O) groups is 1. The lowest BCUT2D eigenvalue weighted by molar-refractivity contribution is 0.0953. The van der Waals surface area contributed by atoms with Gasteiger partial charge < -0.3 is 20.7 Å². The molecule has 0 saturated heterocycles. The highest BCUT2D eigenvalue weighted by molar-refractivity contribution is 5.95. The Labute approximate surface area is 127 Å². The lowest BCUT2D eigenvalue weighted by atomic mass is 10.1. The fourth-order valence-electron chi connectivity index (χ4n) is 1.86. The molecule has 1 aromatic rings. The second kappa shape index (κ2) is 9.23. The third-order valence-electron chi connectivity index (χ3n) is 3.10. The molecule has 5 nitrogen and oxygen atoms in total. The van der Waals surface area contributed by atoms with Crippen LogP contribution in [0.3, 0.4) is 0 Å². The quantitative estimate of drug-likeness (QED) is 0.540. The van der Waals surface area contributed by atoms with E-state index in [0.29, 0.717) is 30.2 Å². The van der Waals surface area contributed by atoms with Gasteiger partial charge in [-0.1, -0.05) is 13.3 Å². The smallest absolute Gasteiger partial charge is 0.251 e. The highest BCUT2D eigenvalue weighted by Gasteiger charge is 2.08. The van der Waals surface area contributed by atoms with Crippen LogP contribution in [0, 0.1) is 0 Å². The monoisotopic (exact) mass is 293 g/mol. The molecule has 21 heavy (non-hydrogen) atoms. The van der Waals surface area contributed by atoms with E-state index < -0.39 is 0 Å². The van der Waals surface area contributed by atoms with Crippen LogP contribution in [0.1, 0.15) is 36.5 Å². The lowest BCUT2D eigenvalue weighted by Gasteiger charge is -2.12. The zero-order valence-electron chi connectivity index (χ0n) is 13.3. The number of unbranched alkanes of at least 4 members (excludes halogenated alkanes) is 1. The van der Waals surface area contributed by atoms with Crippen LogP contribution in [0.15, 0.2) is 18.2 Å². The molecule has 0 saturated carbocycles. The first kappa shape index (κ1) is 17.3. The highest BCUT2D eigenvalue weighted by Crippen LogP contribution is 2.22. The third kappa shape index (κ3) is 6.49. The van der Waals surface area contributed by atoms with Crippen LogP contribution in [-0.2, 0) is 0 Å². The number of carbonyl (C=O) groups excluding carboxylic acids is 1. The van der Waals surface area contributed by atoms with Crippen molar-refractivity contribution in [3.8, 4) is 5.75 Å². The number of nitrogens with one attached hydrogen (secondary N) is 1. The molecule has 0 aliphatic carbocycles. The molecule has 0 radical (unpaired) electrons. The fraction of sp³-hybridized carbons (Fsp3) is 0.562. The van der Waals surface area contributed by atoms with Gasteiger partial charge in [0.15, 0.2) is 0 Å². The Morgan fingerprint density at radius 2 is 2.10 bits per heavy atom. The van der Waals surface area contributed by atoms with Gasteiger partial charge in [-0.05, 0) is 45.1 Å². The van der Waals surface area contributed by atoms with Gasteiger partial charge in [0.2, 0.25) is 0 Å². The van der Waals surface area contributed by atoms with E-state index in [1.54, 1.807) is 18.2 Å². The number of nitrogens with zero attached hydrogens (tertiary/aromatic N) is 1. The van der Waals surface area contributed by atoms with Crippen molar-refractivity contribution in [2.24, 2.45) is 0 Å². The number of benzene rings is 1. The maximum Gasteiger partial charge on any atom is 0.251 e. The average molecular weight is 293 g/mol. The van der Waals surface area contributed by atoms with Crippen molar-refractivity contribution in [3.63, 3.8) is 0 Å². The van der Waals surface area contributed by atoms with Crippen LogP contribution in [0.25, 0.3) is 0 Å². The van der Waals surface area contributed by atoms with Crippen LogP contribution in [0.4, 0.5) is 5.69 Å². The van der Waals surface area contributed by atoms with E-state index in [9.17, 15) is 4.79 Å². The van der Waals surface area contributed by atoms with Crippen molar-refractivity contribution in [3.05, 3.63) is 23.8 Å². The van der Waals surface area contributed by atoms with Crippen molar-refractivity contribution < 1.29 is 9.53 Å². The molecule has 5 heteroatoms. The normalized spacial score (nSPS) is 10.7. The van der Waals surface area contributed by atoms with Crippen LogP contribution in [0.5, 0.6) is 5.75 Å². The molecule has 3 N–H and O–H groups in total. The molecule has 0 spiro atoms. The molecule has 1 aromatic carbocycles. The second-order valence-corrected chi connectivity index (χ2v) is 5.37. The Hall–Kier alpha value is -1.75. The standard InChI is InChI=1S/C16H27N3O2/c1-4-5-9-18-16(20)13-7-8-15(14(17)12-13)21-11-6-10-19(2)3/h7-8,12H,4-6,9-11,17H2,1-3H3,(H,18,20). The maximum atomic E-state index is 11.9. The van der Waals surface area contributed by atoms with E-state index in [-0.39, 0.29) is 5.91 Å². The molecule has 0 atom stereocenters. The van der Waals surface area contributed by atoms with Crippen LogP contribution in [0.2, 0.25) is 0 Å². The summed E-state index contributed by atoms with van der Waals surface area (Å²) in [4.78, 5) is 14.0. The molecule has 0 bridgehead atoms. The number of ether oxygens (including phenoxy) is 1. The summed E-state index contributed by atoms with van der Waals surface area (Å²) < 4.78 is 5.64. The molecule has 0 aliphatic heterocycles. The van der Waals surface area contributed by atoms with E-state index >= 15 is 0 Å². The summed E-state index contributed by atoms with van der Waals surface area (Å²) in [6.45, 7) is 4.37. The lowest BCUT2D eigenvalue weighted by Crippen LogP contribution is -2.24. The van der Waals surface area contributed by atoms with E-state index in [1.807, 2.05) is 14.1 Å². The minimum Gasteiger partial charge on any atom is -0.491 e. The predicted molar refractivity (Wildman–Crippen MR) is 86.8 cm³/mol. The van der Waals surface area contributed by atoms with Gasteiger partial charge >= 0.3 is 0 Å². The number of amides is 1. The van der Waals surface area contributed by atoms with Crippen molar-refractivity contribution in [1.82, 2.24) is 10.2 Å². The third-order valence-corrected chi connectivity index (χ3v) is 3.10. The SMILES string of the molecule is CCCCNC(=O)c1ccc(OCCCN(C)C)c(N)c1. The number of nitrogens with two attached hydrogens (primary N) is 1. The molecule has 118 valence electrons. The molecule has 0 heterocycles. The van der Waals surface area contributed by atoms with Crippen LogP contribution >= 0.6 is 0 Å². The Morgan fingerprint density at radius 3 is 2.71 bits per heavy atom. The van der Waals surface area contributed by atoms with Crippen molar-refractivity contribution in [2.45, 2.75) is 26.2 Å². The first-order valence-electron chi connectivity index (χ1n) is 7.49. The largest absolute Gasteiger partial charge is 0.491 e. The summed E-state index contributed by atoms with van der Waals surface area (Å²) in [7, 11) is 4.06. The van der Waals surface area contributed by atoms with Gasteiger partial charge in [0, 0.05) is 18.7 Å². The van der Waals surface area contributed by atoms with Gasteiger partial charge in [-0.2, -0.15) is 0 Å². The number of hydrogen-bond acceptors (Lipinski definition) is 4. The first-order valence-corrected chi connectivity index (χ1v) is 7.49. The van der Waals surface area contributed by atoms with Crippen LogP contribution < -0.4 is 15.8 Å². The van der Waals surface area contributed by atoms with Crippen molar-refractivity contribution >= 4 is 11.6 Å². The van der Waals surface area contributed by atoms with E-state index in [1.165, 1.54) is 0 Å². The van der Waals surface area contributed by atoms with E-state index in [4.69, 9.17) is 10.5 Å². The van der Waals surface area contributed by atoms with Gasteiger partial charge in [0.05, 0.1) is 12.3 Å². The molecule has 1 rings (SSSR count). The zero-order chi connectivity index (χ0) is 15.7. The Balaban J connectivity index is 2.49. The van der Waals surface area contributed by atoms with E-state index in [0.717, 1.165) is 25.8 Å². The first-order chi connectivity index (χ1) is 10.0. The van der Waals surface area contributed by atoms with E-state index in [2.05, 4.69) is 17.1 Å². The van der Waals surface area contributed by atoms with Gasteiger partial charge in [-0.3, -0.25) is 4.79 Å². The molecule has 0 aromatic heterocycles. The Morgan fingerprint density at radius 1 is 1.33 bits per heavy atom. The summed E-state index contributed by atoms with van der Waals surface area (Å²) in [5, 5.41) is 2.87. The maximum absolute atomic E-state index is 11.9. The van der Waals surface area contributed by atoms with Gasteiger partial charge in [0.25, 0.3) is 5.91 Å². The number of nitrogen functional groups attached to an aromatic ring is 1. The molecular weight excluding hydrogens is 266 g/mol. The Kier molecular flexibility index (Phi) is 7.61. The number of hydrogen-bond donors (Lipinski definition) is 2. The molecule has 0 aliphatic rings. The highest BCUT2D eigenvalue weighted by atomic mass is 16.5. The molecule has 0 fully saturated rings. The van der Waals surface area contributed by atoms with Gasteiger partial charge in [-0.15, -0.1) is 0 Å². The fourth-order valence-corrected chi connectivity index (χ4v) is 1.86. The number of rotatable bonds is 9. The van der Waals surface area contributed by atoms with Gasteiger partial charge in [-0.25, -0.2) is 0 Å². The van der Waals surface area contributed by atoms with Crippen molar-refractivity contribution in [2.75, 3.05) is 39.5 Å². The topological polar surface area (TPSA) is 67.6 Å². The average Bonchev–Trinajstić information content (AvgIpc) is 2.44. The Bertz CT molecular complexity index is 447. The van der Waals surface area contributed by atoms with Gasteiger partial charge in [0.1, 0.15) is 5.75 Å². The number of anilines is 1. The molecule has 0 unspecified atom stereocenters. The summed E-state index contributed by atoms with van der Waals surface area (Å²) in [5.41, 5.74) is 7.02. The summed E-state index contributed by atoms with van der Waals surface area (Å²) in [6.07, 6.45) is 2.97. The minimum absolute atomic E-state index is 0.0886. The summed E-state index contributed by atoms with van der Waals surface area (Å²) >= 11 is 0. The second-order valence-electron chi connectivity index (χ2n) is 5.37. The molecular formula is C16H27N3O2. The summed E-state index contributed by atoms with van der Waals surface area (Å²) in [5.74, 6) is 0.549.